The fourth-order valence-electron chi connectivity index (χ4n) is 4.51. The summed E-state index contributed by atoms with van der Waals surface area (Å²) in [5, 5.41) is 5.37. The zero-order valence-electron chi connectivity index (χ0n) is 23.9. The van der Waals surface area contributed by atoms with Crippen LogP contribution in [0.3, 0.4) is 0 Å². The van der Waals surface area contributed by atoms with E-state index in [1.54, 1.807) is 0 Å². The molecule has 0 N–H and O–H groups in total. The Hall–Kier alpha value is -2.22. The summed E-state index contributed by atoms with van der Waals surface area (Å²) in [4.78, 5) is 0. The van der Waals surface area contributed by atoms with Gasteiger partial charge in [0.2, 0.25) is 0 Å². The van der Waals surface area contributed by atoms with Crippen molar-refractivity contribution in [2.75, 3.05) is 0 Å². The third kappa shape index (κ3) is 9.42. The molecule has 0 saturated carbocycles. The van der Waals surface area contributed by atoms with Crippen molar-refractivity contribution in [3.05, 3.63) is 132 Å². The zero-order valence-corrected chi connectivity index (χ0v) is 28.9. The largest absolute Gasteiger partial charge is 4.00 e. The topological polar surface area (TPSA) is 0 Å². The maximum Gasteiger partial charge on any atom is 4.00 e. The maximum absolute atomic E-state index is 2.26. The van der Waals surface area contributed by atoms with Crippen LogP contribution in [0.4, 0.5) is 0 Å². The molecule has 6 aromatic rings. The molecule has 6 rings (SSSR count). The van der Waals surface area contributed by atoms with Crippen LogP contribution in [0.1, 0.15) is 25.0 Å². The molecular weight excluding hydrogens is 623 g/mol. The smallest absolute Gasteiger partial charge is 1.00 e. The van der Waals surface area contributed by atoms with E-state index in [2.05, 4.69) is 156 Å². The number of aryl methyl sites for hydroxylation is 2. The molecule has 0 amide bonds. The molecule has 6 aromatic carbocycles. The number of rotatable bonds is 3. The van der Waals surface area contributed by atoms with Gasteiger partial charge in [0.05, 0.1) is 0 Å². The van der Waals surface area contributed by atoms with Crippen LogP contribution in [0.2, 0.25) is 12.1 Å². The van der Waals surface area contributed by atoms with Crippen LogP contribution in [0, 0.1) is 13.8 Å². The van der Waals surface area contributed by atoms with Crippen LogP contribution < -0.4 is 24.8 Å². The fourth-order valence-corrected chi connectivity index (χ4v) is 4.51. The first-order chi connectivity index (χ1) is 18.0. The molecule has 0 saturated heterocycles. The Balaban J connectivity index is 0.000000323. The summed E-state index contributed by atoms with van der Waals surface area (Å²) in [6.45, 7) is 11.0. The number of fused-ring (bicyclic) bond motifs is 2. The van der Waals surface area contributed by atoms with Crippen LogP contribution in [-0.4, -0.2) is 9.52 Å². The van der Waals surface area contributed by atoms with E-state index in [1.807, 2.05) is 0 Å². The molecule has 0 nitrogen and oxygen atoms in total. The molecule has 202 valence electrons. The van der Waals surface area contributed by atoms with Crippen LogP contribution >= 0.6 is 0 Å². The minimum Gasteiger partial charge on any atom is -1.00 e. The second-order valence-corrected chi connectivity index (χ2v) is 11.6. The van der Waals surface area contributed by atoms with E-state index in [1.165, 1.54) is 54.9 Å². The Morgan fingerprint density at radius 1 is 0.550 bits per heavy atom. The van der Waals surface area contributed by atoms with Crippen molar-refractivity contribution >= 4 is 31.1 Å². The number of hydrogen-bond acceptors (Lipinski definition) is 0. The zero-order chi connectivity index (χ0) is 26.2. The van der Waals surface area contributed by atoms with Crippen LogP contribution in [0.25, 0.3) is 43.8 Å². The van der Waals surface area contributed by atoms with Gasteiger partial charge in [-0.15, -0.1) is 69.1 Å². The molecule has 0 bridgehead atoms. The van der Waals surface area contributed by atoms with E-state index < -0.39 is 0 Å². The Morgan fingerprint density at radius 2 is 0.900 bits per heavy atom. The van der Waals surface area contributed by atoms with Gasteiger partial charge >= 0.3 is 26.2 Å². The molecular formula is C36H36Cl2SiZr. The summed E-state index contributed by atoms with van der Waals surface area (Å²) in [7, 11) is 1.11. The van der Waals surface area contributed by atoms with E-state index in [0.717, 1.165) is 15.1 Å². The van der Waals surface area contributed by atoms with Crippen LogP contribution in [-0.2, 0) is 26.2 Å². The van der Waals surface area contributed by atoms with Gasteiger partial charge in [-0.2, -0.15) is 12.1 Å². The first-order valence-corrected chi connectivity index (χ1v) is 14.6. The summed E-state index contributed by atoms with van der Waals surface area (Å²) in [5.41, 5.74) is 8.81. The molecule has 40 heavy (non-hydrogen) atoms. The Bertz CT molecular complexity index is 1430. The number of halogens is 2. The Morgan fingerprint density at radius 3 is 1.23 bits per heavy atom. The minimum absolute atomic E-state index is 0. The van der Waals surface area contributed by atoms with Gasteiger partial charge in [0.1, 0.15) is 0 Å². The molecule has 0 aromatic heterocycles. The molecule has 0 aliphatic carbocycles. The van der Waals surface area contributed by atoms with E-state index >= 15 is 0 Å². The van der Waals surface area contributed by atoms with Gasteiger partial charge in [-0.3, -0.25) is 0 Å². The average molecular weight is 659 g/mol. The van der Waals surface area contributed by atoms with Crippen molar-refractivity contribution < 1.29 is 51.0 Å². The van der Waals surface area contributed by atoms with Gasteiger partial charge in [-0.1, -0.05) is 124 Å². The first-order valence-electron chi connectivity index (χ1n) is 13.1. The van der Waals surface area contributed by atoms with E-state index in [4.69, 9.17) is 0 Å². The fraction of sp³-hybridized carbons (Fsp3) is 0.167. The van der Waals surface area contributed by atoms with Crippen molar-refractivity contribution in [2.24, 2.45) is 0 Å². The third-order valence-electron chi connectivity index (χ3n) is 6.54. The Labute approximate surface area is 274 Å². The van der Waals surface area contributed by atoms with Crippen LogP contribution in [0.15, 0.2) is 121 Å². The molecule has 0 unspecified atom stereocenters. The third-order valence-corrected chi connectivity index (χ3v) is 7.69. The molecule has 0 heterocycles. The molecule has 2 radical (unpaired) electrons. The quantitative estimate of drug-likeness (QED) is 0.192. The summed E-state index contributed by atoms with van der Waals surface area (Å²) in [6.07, 6.45) is 0. The predicted octanol–water partition coefficient (Wildman–Crippen LogP) is 4.64. The Kier molecular flexibility index (Phi) is 15.7. The monoisotopic (exact) mass is 656 g/mol. The van der Waals surface area contributed by atoms with Gasteiger partial charge in [0.25, 0.3) is 0 Å². The van der Waals surface area contributed by atoms with Crippen molar-refractivity contribution in [1.29, 1.82) is 0 Å². The van der Waals surface area contributed by atoms with Crippen LogP contribution in [0.5, 0.6) is 0 Å². The summed E-state index contributed by atoms with van der Waals surface area (Å²) in [5.74, 6) is 0. The van der Waals surface area contributed by atoms with E-state index in [0.29, 0.717) is 0 Å². The van der Waals surface area contributed by atoms with Gasteiger partial charge in [0, 0.05) is 9.52 Å². The summed E-state index contributed by atoms with van der Waals surface area (Å²) >= 11 is 0. The summed E-state index contributed by atoms with van der Waals surface area (Å²) < 4.78 is 0. The number of benzene rings is 4. The van der Waals surface area contributed by atoms with Gasteiger partial charge < -0.3 is 24.8 Å². The summed E-state index contributed by atoms with van der Waals surface area (Å²) in [6, 6.07) is 43.1. The first kappa shape index (κ1) is 35.8. The second kappa shape index (κ2) is 17.6. The standard InChI is InChI=1S/2C16H13.C4H10Si.2ClH.Zr/c2*1-12-10-14-8-5-9-15(16(14)11-12)13-6-3-2-4-7-13;1-4(2)5-3;;;/h2*2-11H,1H3;4H,1-3H3;2*1H;/q2*-1;;;;+4/p-2. The maximum atomic E-state index is 2.26. The molecule has 0 fully saturated rings. The molecule has 4 heteroatoms. The van der Waals surface area contributed by atoms with E-state index in [9.17, 15) is 0 Å². The molecule has 0 aliphatic rings. The minimum atomic E-state index is 0. The van der Waals surface area contributed by atoms with Crippen molar-refractivity contribution in [1.82, 2.24) is 0 Å². The molecule has 0 aliphatic heterocycles. The predicted molar refractivity (Wildman–Crippen MR) is 166 cm³/mol. The normalized spacial score (nSPS) is 9.85. The van der Waals surface area contributed by atoms with Gasteiger partial charge in [-0.25, -0.2) is 0 Å². The van der Waals surface area contributed by atoms with Crippen molar-refractivity contribution in [3.8, 4) is 22.3 Å². The second-order valence-electron chi connectivity index (χ2n) is 9.86. The van der Waals surface area contributed by atoms with Crippen molar-refractivity contribution in [3.63, 3.8) is 0 Å². The van der Waals surface area contributed by atoms with E-state index in [-0.39, 0.29) is 51.0 Å². The SMILES string of the molecule is C[Si]C(C)C.Cc1cc2c(-c3ccccc3)cccc2[cH-]1.Cc1cc2c(-c3ccccc3)cccc2[cH-]1.[Cl-].[Cl-].[Zr+4]. The van der Waals surface area contributed by atoms with Crippen molar-refractivity contribution in [2.45, 2.75) is 39.8 Å². The number of hydrogen-bond donors (Lipinski definition) is 0. The molecule has 0 spiro atoms. The average Bonchev–Trinajstić information content (AvgIpc) is 3.50. The molecule has 0 atom stereocenters. The van der Waals surface area contributed by atoms with Gasteiger partial charge in [0.15, 0.2) is 0 Å². The van der Waals surface area contributed by atoms with Gasteiger partial charge in [-0.05, 0) is 11.1 Å².